The zero-order valence-electron chi connectivity index (χ0n) is 11.9. The van der Waals surface area contributed by atoms with Crippen molar-refractivity contribution in [3.8, 4) is 5.75 Å². The molecule has 0 aromatic heterocycles. The van der Waals surface area contributed by atoms with Gasteiger partial charge in [0.1, 0.15) is 5.75 Å². The van der Waals surface area contributed by atoms with E-state index >= 15 is 0 Å². The molecule has 0 saturated heterocycles. The second-order valence-corrected chi connectivity index (χ2v) is 5.28. The molecule has 1 N–H and O–H groups in total. The van der Waals surface area contributed by atoms with Gasteiger partial charge in [0, 0.05) is 0 Å². The molecule has 0 heterocycles. The summed E-state index contributed by atoms with van der Waals surface area (Å²) in [7, 11) is 0. The summed E-state index contributed by atoms with van der Waals surface area (Å²) in [6.45, 7) is 2.89. The monoisotopic (exact) mass is 267 g/mol. The molecule has 1 aliphatic carbocycles. The molecule has 20 heavy (non-hydrogen) atoms. The lowest BCUT2D eigenvalue weighted by atomic mass is 10.1. The van der Waals surface area contributed by atoms with Crippen LogP contribution in [-0.2, 0) is 6.42 Å². The van der Waals surface area contributed by atoms with Gasteiger partial charge < -0.3 is 10.1 Å². The van der Waals surface area contributed by atoms with Gasteiger partial charge in [-0.25, -0.2) is 0 Å². The van der Waals surface area contributed by atoms with Crippen molar-refractivity contribution in [3.63, 3.8) is 0 Å². The molecular formula is C18H21NO. The summed E-state index contributed by atoms with van der Waals surface area (Å²) >= 11 is 0. The van der Waals surface area contributed by atoms with Crippen LogP contribution in [0.2, 0.25) is 0 Å². The Morgan fingerprint density at radius 2 is 1.90 bits per heavy atom. The van der Waals surface area contributed by atoms with E-state index in [0.717, 1.165) is 37.3 Å². The van der Waals surface area contributed by atoms with Crippen molar-refractivity contribution in [1.29, 1.82) is 0 Å². The van der Waals surface area contributed by atoms with Gasteiger partial charge in [0.05, 0.1) is 18.3 Å². The number of benzene rings is 2. The van der Waals surface area contributed by atoms with E-state index in [4.69, 9.17) is 4.74 Å². The molecule has 104 valence electrons. The number of hydrogen-bond acceptors (Lipinski definition) is 2. The average Bonchev–Trinajstić information content (AvgIpc) is 2.90. The highest BCUT2D eigenvalue weighted by atomic mass is 16.5. The van der Waals surface area contributed by atoms with Gasteiger partial charge in [-0.2, -0.15) is 0 Å². The van der Waals surface area contributed by atoms with E-state index in [1.807, 2.05) is 12.1 Å². The lowest BCUT2D eigenvalue weighted by molar-refractivity contribution is 0.318. The van der Waals surface area contributed by atoms with Crippen LogP contribution in [0.5, 0.6) is 5.75 Å². The number of ether oxygens (including phenoxy) is 1. The predicted molar refractivity (Wildman–Crippen MR) is 83.4 cm³/mol. The summed E-state index contributed by atoms with van der Waals surface area (Å²) in [5, 5.41) is 3.65. The topological polar surface area (TPSA) is 21.3 Å². The highest BCUT2D eigenvalue weighted by molar-refractivity contribution is 5.58. The Kier molecular flexibility index (Phi) is 3.91. The zero-order chi connectivity index (χ0) is 13.8. The SMILES string of the molecule is CCCOc1ccccc1NC1CCc2ccccc21. The number of aryl methyl sites for hydroxylation is 1. The van der Waals surface area contributed by atoms with Gasteiger partial charge >= 0.3 is 0 Å². The molecule has 1 unspecified atom stereocenters. The van der Waals surface area contributed by atoms with Crippen LogP contribution in [0, 0.1) is 0 Å². The van der Waals surface area contributed by atoms with Crippen LogP contribution in [0.4, 0.5) is 5.69 Å². The van der Waals surface area contributed by atoms with Gasteiger partial charge in [0.2, 0.25) is 0 Å². The molecule has 1 aliphatic rings. The van der Waals surface area contributed by atoms with Crippen molar-refractivity contribution in [2.45, 2.75) is 32.2 Å². The summed E-state index contributed by atoms with van der Waals surface area (Å²) in [4.78, 5) is 0. The number of anilines is 1. The van der Waals surface area contributed by atoms with Crippen molar-refractivity contribution in [2.24, 2.45) is 0 Å². The third-order valence-corrected chi connectivity index (χ3v) is 3.81. The minimum absolute atomic E-state index is 0.401. The van der Waals surface area contributed by atoms with E-state index in [1.54, 1.807) is 0 Å². The molecule has 2 aromatic rings. The molecule has 0 bridgehead atoms. The maximum atomic E-state index is 5.82. The lowest BCUT2D eigenvalue weighted by Crippen LogP contribution is -2.08. The smallest absolute Gasteiger partial charge is 0.142 e. The average molecular weight is 267 g/mol. The molecule has 0 aliphatic heterocycles. The van der Waals surface area contributed by atoms with Crippen LogP contribution in [0.25, 0.3) is 0 Å². The molecule has 0 radical (unpaired) electrons. The molecule has 0 amide bonds. The molecule has 3 rings (SSSR count). The van der Waals surface area contributed by atoms with Crippen molar-refractivity contribution >= 4 is 5.69 Å². The number of para-hydroxylation sites is 2. The Morgan fingerprint density at radius 3 is 2.80 bits per heavy atom. The second kappa shape index (κ2) is 6.00. The Bertz CT molecular complexity index is 579. The number of rotatable bonds is 5. The van der Waals surface area contributed by atoms with Gasteiger partial charge in [-0.1, -0.05) is 43.3 Å². The Labute approximate surface area is 120 Å². The first-order valence-corrected chi connectivity index (χ1v) is 7.44. The molecule has 0 fully saturated rings. The van der Waals surface area contributed by atoms with E-state index in [-0.39, 0.29) is 0 Å². The fourth-order valence-electron chi connectivity index (χ4n) is 2.82. The zero-order valence-corrected chi connectivity index (χ0v) is 11.9. The molecule has 1 atom stereocenters. The first kappa shape index (κ1) is 13.0. The Morgan fingerprint density at radius 1 is 1.10 bits per heavy atom. The van der Waals surface area contributed by atoms with Crippen molar-refractivity contribution in [2.75, 3.05) is 11.9 Å². The van der Waals surface area contributed by atoms with E-state index in [0.29, 0.717) is 6.04 Å². The maximum Gasteiger partial charge on any atom is 0.142 e. The van der Waals surface area contributed by atoms with E-state index in [2.05, 4.69) is 48.6 Å². The molecular weight excluding hydrogens is 246 g/mol. The van der Waals surface area contributed by atoms with Crippen molar-refractivity contribution < 1.29 is 4.74 Å². The first-order valence-electron chi connectivity index (χ1n) is 7.44. The summed E-state index contributed by atoms with van der Waals surface area (Å²) in [5.41, 5.74) is 4.00. The van der Waals surface area contributed by atoms with Gasteiger partial charge in [0.25, 0.3) is 0 Å². The van der Waals surface area contributed by atoms with E-state index in [1.165, 1.54) is 11.1 Å². The Hall–Kier alpha value is -1.96. The predicted octanol–water partition coefficient (Wildman–Crippen LogP) is 4.57. The molecule has 2 heteroatoms. The quantitative estimate of drug-likeness (QED) is 0.856. The van der Waals surface area contributed by atoms with Crippen molar-refractivity contribution in [1.82, 2.24) is 0 Å². The highest BCUT2D eigenvalue weighted by Crippen LogP contribution is 2.36. The van der Waals surface area contributed by atoms with Crippen LogP contribution < -0.4 is 10.1 Å². The van der Waals surface area contributed by atoms with Crippen LogP contribution >= 0.6 is 0 Å². The van der Waals surface area contributed by atoms with Crippen LogP contribution in [-0.4, -0.2) is 6.61 Å². The third kappa shape index (κ3) is 2.64. The fraction of sp³-hybridized carbons (Fsp3) is 0.333. The van der Waals surface area contributed by atoms with Gasteiger partial charge in [-0.3, -0.25) is 0 Å². The molecule has 0 spiro atoms. The minimum atomic E-state index is 0.401. The Balaban J connectivity index is 1.79. The number of nitrogens with one attached hydrogen (secondary N) is 1. The number of fused-ring (bicyclic) bond motifs is 1. The largest absolute Gasteiger partial charge is 0.491 e. The fourth-order valence-corrected chi connectivity index (χ4v) is 2.82. The summed E-state index contributed by atoms with van der Waals surface area (Å²) in [6, 6.07) is 17.3. The summed E-state index contributed by atoms with van der Waals surface area (Å²) in [6.07, 6.45) is 3.34. The normalized spacial score (nSPS) is 16.8. The number of hydrogen-bond donors (Lipinski definition) is 1. The van der Waals surface area contributed by atoms with Crippen LogP contribution in [0.3, 0.4) is 0 Å². The molecule has 0 saturated carbocycles. The van der Waals surface area contributed by atoms with E-state index < -0.39 is 0 Å². The van der Waals surface area contributed by atoms with Crippen LogP contribution in [0.15, 0.2) is 48.5 Å². The van der Waals surface area contributed by atoms with Gasteiger partial charge in [0.15, 0.2) is 0 Å². The standard InChI is InChI=1S/C18H21NO/c1-2-13-20-18-10-6-5-9-17(18)19-16-12-11-14-7-3-4-8-15(14)16/h3-10,16,19H,2,11-13H2,1H3. The first-order chi connectivity index (χ1) is 9.88. The third-order valence-electron chi connectivity index (χ3n) is 3.81. The summed E-state index contributed by atoms with van der Waals surface area (Å²) in [5.74, 6) is 0.957. The summed E-state index contributed by atoms with van der Waals surface area (Å²) < 4.78 is 5.82. The van der Waals surface area contributed by atoms with E-state index in [9.17, 15) is 0 Å². The second-order valence-electron chi connectivity index (χ2n) is 5.28. The minimum Gasteiger partial charge on any atom is -0.491 e. The van der Waals surface area contributed by atoms with Gasteiger partial charge in [-0.15, -0.1) is 0 Å². The van der Waals surface area contributed by atoms with Crippen LogP contribution in [0.1, 0.15) is 36.9 Å². The molecule has 2 aromatic carbocycles. The lowest BCUT2D eigenvalue weighted by Gasteiger charge is -2.18. The highest BCUT2D eigenvalue weighted by Gasteiger charge is 2.22. The van der Waals surface area contributed by atoms with Gasteiger partial charge in [-0.05, 0) is 42.5 Å². The molecule has 2 nitrogen and oxygen atoms in total. The van der Waals surface area contributed by atoms with Crippen molar-refractivity contribution in [3.05, 3.63) is 59.7 Å². The maximum absolute atomic E-state index is 5.82.